The van der Waals surface area contributed by atoms with E-state index in [2.05, 4.69) is 18.9 Å². The molecule has 0 N–H and O–H groups in total. The van der Waals surface area contributed by atoms with Gasteiger partial charge < -0.3 is 23.7 Å². The van der Waals surface area contributed by atoms with Crippen molar-refractivity contribution in [2.24, 2.45) is 0 Å². The molecule has 0 aromatic heterocycles. The molecule has 0 aliphatic carbocycles. The fourth-order valence-corrected chi connectivity index (χ4v) is 0.946. The molecule has 110 valence electrons. The Morgan fingerprint density at radius 2 is 1.26 bits per heavy atom. The Balaban J connectivity index is 0. The maximum Gasteiger partial charge on any atom is 0.145 e. The number of benzene rings is 1. The highest BCUT2D eigenvalue weighted by Gasteiger charge is 1.84. The van der Waals surface area contributed by atoms with E-state index in [1.165, 1.54) is 0 Å². The van der Waals surface area contributed by atoms with Crippen molar-refractivity contribution in [3.05, 3.63) is 35.9 Å². The lowest BCUT2D eigenvalue weighted by Gasteiger charge is -1.89. The summed E-state index contributed by atoms with van der Waals surface area (Å²) in [5, 5.41) is 0. The molecular formula is C14H24O5. The van der Waals surface area contributed by atoms with Crippen molar-refractivity contribution in [2.45, 2.75) is 6.42 Å². The Hall–Kier alpha value is -1.27. The maximum atomic E-state index is 9.97. The number of hydrogen-bond donors (Lipinski definition) is 0. The summed E-state index contributed by atoms with van der Waals surface area (Å²) in [6.45, 7) is 0.778. The van der Waals surface area contributed by atoms with Crippen LogP contribution in [0.4, 0.5) is 0 Å². The van der Waals surface area contributed by atoms with E-state index >= 15 is 0 Å². The SMILES string of the molecule is COCOC.COCOC.O=CCc1ccccc1. The summed E-state index contributed by atoms with van der Waals surface area (Å²) in [5.74, 6) is 0. The van der Waals surface area contributed by atoms with Gasteiger partial charge in [0.05, 0.1) is 0 Å². The van der Waals surface area contributed by atoms with E-state index in [1.54, 1.807) is 28.4 Å². The number of ether oxygens (including phenoxy) is 4. The minimum Gasteiger partial charge on any atom is -0.359 e. The topological polar surface area (TPSA) is 54.0 Å². The van der Waals surface area contributed by atoms with Crippen molar-refractivity contribution < 1.29 is 23.7 Å². The molecule has 0 aliphatic heterocycles. The van der Waals surface area contributed by atoms with E-state index in [-0.39, 0.29) is 0 Å². The molecular weight excluding hydrogens is 248 g/mol. The van der Waals surface area contributed by atoms with Crippen LogP contribution in [0.1, 0.15) is 5.56 Å². The Morgan fingerprint density at radius 3 is 1.53 bits per heavy atom. The number of hydrogen-bond acceptors (Lipinski definition) is 5. The third-order valence-corrected chi connectivity index (χ3v) is 1.63. The molecule has 0 bridgehead atoms. The molecule has 0 heterocycles. The number of aldehydes is 1. The summed E-state index contributed by atoms with van der Waals surface area (Å²) in [6.07, 6.45) is 1.44. The van der Waals surface area contributed by atoms with Crippen LogP contribution in [0.15, 0.2) is 30.3 Å². The number of methoxy groups -OCH3 is 4. The number of carbonyl (C=O) groups excluding carboxylic acids is 1. The average molecular weight is 272 g/mol. The molecule has 0 spiro atoms. The molecule has 5 nitrogen and oxygen atoms in total. The van der Waals surface area contributed by atoms with Gasteiger partial charge in [0, 0.05) is 34.9 Å². The van der Waals surface area contributed by atoms with Gasteiger partial charge in [-0.25, -0.2) is 0 Å². The third-order valence-electron chi connectivity index (χ3n) is 1.63. The van der Waals surface area contributed by atoms with Gasteiger partial charge in [-0.2, -0.15) is 0 Å². The standard InChI is InChI=1S/C8H8O.2C3H8O2/c9-7-6-8-4-2-1-3-5-8;2*1-4-3-5-2/h1-5,7H,6H2;2*3H2,1-2H3. The molecule has 0 unspecified atom stereocenters. The summed E-state index contributed by atoms with van der Waals surface area (Å²) in [4.78, 5) is 9.97. The summed E-state index contributed by atoms with van der Waals surface area (Å²) in [7, 11) is 6.35. The van der Waals surface area contributed by atoms with Crippen LogP contribution in [0, 0.1) is 0 Å². The summed E-state index contributed by atoms with van der Waals surface area (Å²) in [6, 6.07) is 9.68. The van der Waals surface area contributed by atoms with Crippen LogP contribution in [0.25, 0.3) is 0 Å². The molecule has 0 amide bonds. The van der Waals surface area contributed by atoms with Gasteiger partial charge in [-0.3, -0.25) is 0 Å². The van der Waals surface area contributed by atoms with Crippen LogP contribution in [0.5, 0.6) is 0 Å². The largest absolute Gasteiger partial charge is 0.359 e. The van der Waals surface area contributed by atoms with Gasteiger partial charge in [0.1, 0.15) is 19.9 Å². The first-order valence-electron chi connectivity index (χ1n) is 5.70. The van der Waals surface area contributed by atoms with E-state index in [0.29, 0.717) is 20.0 Å². The lowest BCUT2D eigenvalue weighted by Crippen LogP contribution is -1.87. The lowest BCUT2D eigenvalue weighted by molar-refractivity contribution is -0.107. The van der Waals surface area contributed by atoms with Crippen LogP contribution in [0.2, 0.25) is 0 Å². The van der Waals surface area contributed by atoms with E-state index in [9.17, 15) is 4.79 Å². The highest BCUT2D eigenvalue weighted by atomic mass is 16.7. The second-order valence-corrected chi connectivity index (χ2v) is 3.25. The fourth-order valence-electron chi connectivity index (χ4n) is 0.946. The van der Waals surface area contributed by atoms with E-state index in [1.807, 2.05) is 30.3 Å². The average Bonchev–Trinajstić information content (AvgIpc) is 2.44. The monoisotopic (exact) mass is 272 g/mol. The van der Waals surface area contributed by atoms with Crippen LogP contribution >= 0.6 is 0 Å². The molecule has 5 heteroatoms. The van der Waals surface area contributed by atoms with Crippen LogP contribution in [0.3, 0.4) is 0 Å². The molecule has 1 aromatic carbocycles. The zero-order valence-electron chi connectivity index (χ0n) is 12.1. The zero-order chi connectivity index (χ0) is 14.8. The molecule has 0 saturated heterocycles. The van der Waals surface area contributed by atoms with Crippen molar-refractivity contribution >= 4 is 6.29 Å². The van der Waals surface area contributed by atoms with Crippen molar-refractivity contribution in [2.75, 3.05) is 42.0 Å². The summed E-state index contributed by atoms with van der Waals surface area (Å²) in [5.41, 5.74) is 1.08. The first kappa shape index (κ1) is 20.1. The Bertz CT molecular complexity index is 254. The van der Waals surface area contributed by atoms with E-state index < -0.39 is 0 Å². The Labute approximate surface area is 115 Å². The van der Waals surface area contributed by atoms with Crippen LogP contribution in [-0.2, 0) is 30.2 Å². The maximum absolute atomic E-state index is 9.97. The van der Waals surface area contributed by atoms with Crippen LogP contribution in [-0.4, -0.2) is 48.3 Å². The summed E-state index contributed by atoms with van der Waals surface area (Å²) < 4.78 is 17.9. The third kappa shape index (κ3) is 19.3. The minimum absolute atomic E-state index is 0.389. The van der Waals surface area contributed by atoms with Crippen molar-refractivity contribution in [1.82, 2.24) is 0 Å². The first-order valence-corrected chi connectivity index (χ1v) is 5.70. The van der Waals surface area contributed by atoms with E-state index in [4.69, 9.17) is 0 Å². The molecule has 0 fully saturated rings. The molecule has 0 saturated carbocycles. The molecule has 1 rings (SSSR count). The Morgan fingerprint density at radius 1 is 0.842 bits per heavy atom. The first-order chi connectivity index (χ1) is 9.26. The molecule has 0 aliphatic rings. The Kier molecular flexibility index (Phi) is 20.1. The molecule has 19 heavy (non-hydrogen) atoms. The van der Waals surface area contributed by atoms with Gasteiger partial charge in [0.15, 0.2) is 0 Å². The molecule has 0 radical (unpaired) electrons. The highest BCUT2D eigenvalue weighted by Crippen LogP contribution is 1.96. The number of rotatable bonds is 6. The van der Waals surface area contributed by atoms with Gasteiger partial charge in [-0.05, 0) is 5.56 Å². The van der Waals surface area contributed by atoms with Crippen molar-refractivity contribution in [3.8, 4) is 0 Å². The molecule has 0 atom stereocenters. The van der Waals surface area contributed by atoms with Gasteiger partial charge in [-0.1, -0.05) is 30.3 Å². The lowest BCUT2D eigenvalue weighted by atomic mass is 10.2. The predicted molar refractivity (Wildman–Crippen MR) is 74.0 cm³/mol. The van der Waals surface area contributed by atoms with Crippen LogP contribution < -0.4 is 0 Å². The molecule has 1 aromatic rings. The van der Waals surface area contributed by atoms with Crippen molar-refractivity contribution in [1.29, 1.82) is 0 Å². The van der Waals surface area contributed by atoms with Gasteiger partial charge >= 0.3 is 0 Å². The number of carbonyl (C=O) groups is 1. The second-order valence-electron chi connectivity index (χ2n) is 3.25. The van der Waals surface area contributed by atoms with Gasteiger partial charge in [-0.15, -0.1) is 0 Å². The normalized spacial score (nSPS) is 8.63. The fraction of sp³-hybridized carbons (Fsp3) is 0.500. The summed E-state index contributed by atoms with van der Waals surface area (Å²) >= 11 is 0. The zero-order valence-corrected chi connectivity index (χ0v) is 12.1. The highest BCUT2D eigenvalue weighted by molar-refractivity contribution is 5.54. The van der Waals surface area contributed by atoms with Crippen molar-refractivity contribution in [3.63, 3.8) is 0 Å². The van der Waals surface area contributed by atoms with E-state index in [0.717, 1.165) is 11.8 Å². The second kappa shape index (κ2) is 19.1. The predicted octanol–water partition coefficient (Wildman–Crippen LogP) is 1.90. The quantitative estimate of drug-likeness (QED) is 0.585. The smallest absolute Gasteiger partial charge is 0.145 e. The van der Waals surface area contributed by atoms with Gasteiger partial charge in [0.2, 0.25) is 0 Å². The van der Waals surface area contributed by atoms with Gasteiger partial charge in [0.25, 0.3) is 0 Å². The minimum atomic E-state index is 0.389.